The molecule has 0 fully saturated rings. The number of fused-ring (bicyclic) bond motifs is 1. The van der Waals surface area contributed by atoms with Gasteiger partial charge in [-0.3, -0.25) is 4.79 Å². The second kappa shape index (κ2) is 5.33. The fourth-order valence-electron chi connectivity index (χ4n) is 1.52. The van der Waals surface area contributed by atoms with Crippen molar-refractivity contribution in [2.45, 2.75) is 17.7 Å². The molecule has 0 aliphatic carbocycles. The van der Waals surface area contributed by atoms with E-state index in [0.717, 1.165) is 0 Å². The Morgan fingerprint density at radius 2 is 2.16 bits per heavy atom. The van der Waals surface area contributed by atoms with Gasteiger partial charge < -0.3 is 5.11 Å². The maximum Gasteiger partial charge on any atom is 0.303 e. The topological polar surface area (TPSA) is 122 Å². The lowest BCUT2D eigenvalue weighted by Crippen LogP contribution is -2.25. The monoisotopic (exact) mass is 285 g/mol. The number of nitrogens with zero attached hydrogens (tertiary/aromatic N) is 2. The molecule has 0 unspecified atom stereocenters. The number of carboxylic acids is 1. The first kappa shape index (κ1) is 13.4. The van der Waals surface area contributed by atoms with E-state index in [0.29, 0.717) is 5.52 Å². The fraction of sp³-hybridized carbons (Fsp3) is 0.300. The highest BCUT2D eigenvalue weighted by atomic mass is 32.2. The van der Waals surface area contributed by atoms with Gasteiger partial charge in [-0.1, -0.05) is 6.07 Å². The minimum Gasteiger partial charge on any atom is -0.481 e. The quantitative estimate of drug-likeness (QED) is 0.735. The Balaban J connectivity index is 2.15. The van der Waals surface area contributed by atoms with Gasteiger partial charge in [-0.05, 0) is 28.9 Å². The molecule has 0 atom stereocenters. The molecule has 0 saturated heterocycles. The number of aliphatic carboxylic acids is 1. The molecule has 0 radical (unpaired) electrons. The Hall–Kier alpha value is -2.00. The van der Waals surface area contributed by atoms with Gasteiger partial charge in [0.25, 0.3) is 0 Å². The fourth-order valence-corrected chi connectivity index (χ4v) is 2.74. The summed E-state index contributed by atoms with van der Waals surface area (Å²) >= 11 is 0. The van der Waals surface area contributed by atoms with Crippen molar-refractivity contribution in [3.63, 3.8) is 0 Å². The zero-order chi connectivity index (χ0) is 13.9. The number of aromatic nitrogens is 2. The van der Waals surface area contributed by atoms with E-state index in [1.807, 2.05) is 0 Å². The van der Waals surface area contributed by atoms with Gasteiger partial charge in [0.1, 0.15) is 10.4 Å². The van der Waals surface area contributed by atoms with Crippen LogP contribution < -0.4 is 4.72 Å². The highest BCUT2D eigenvalue weighted by Crippen LogP contribution is 2.19. The molecule has 9 heteroatoms. The summed E-state index contributed by atoms with van der Waals surface area (Å²) in [5.74, 6) is -0.970. The van der Waals surface area contributed by atoms with Gasteiger partial charge in [-0.15, -0.1) is 0 Å². The summed E-state index contributed by atoms with van der Waals surface area (Å²) in [4.78, 5) is 10.3. The van der Waals surface area contributed by atoms with E-state index in [9.17, 15) is 13.2 Å². The second-order valence-electron chi connectivity index (χ2n) is 3.78. The molecule has 0 aliphatic heterocycles. The molecule has 0 bridgehead atoms. The maximum atomic E-state index is 12.0. The second-order valence-corrected chi connectivity index (χ2v) is 5.52. The predicted molar refractivity (Wildman–Crippen MR) is 63.9 cm³/mol. The maximum absolute atomic E-state index is 12.0. The van der Waals surface area contributed by atoms with Crippen LogP contribution in [-0.2, 0) is 14.8 Å². The number of hydrogen-bond acceptors (Lipinski definition) is 6. The molecule has 2 N–H and O–H groups in total. The van der Waals surface area contributed by atoms with E-state index in [1.165, 1.54) is 12.1 Å². The smallest absolute Gasteiger partial charge is 0.303 e. The summed E-state index contributed by atoms with van der Waals surface area (Å²) in [7, 11) is -3.76. The molecular weight excluding hydrogens is 274 g/mol. The lowest BCUT2D eigenvalue weighted by atomic mass is 10.3. The zero-order valence-corrected chi connectivity index (χ0v) is 10.6. The van der Waals surface area contributed by atoms with Crippen LogP contribution in [0.25, 0.3) is 11.0 Å². The normalized spacial score (nSPS) is 11.8. The molecule has 102 valence electrons. The van der Waals surface area contributed by atoms with Crippen LogP contribution in [-0.4, -0.2) is 36.4 Å². The lowest BCUT2D eigenvalue weighted by Gasteiger charge is -2.05. The molecule has 0 spiro atoms. The van der Waals surface area contributed by atoms with Crippen molar-refractivity contribution in [1.82, 2.24) is 15.0 Å². The van der Waals surface area contributed by atoms with Crippen molar-refractivity contribution in [2.75, 3.05) is 6.54 Å². The van der Waals surface area contributed by atoms with Crippen LogP contribution in [0.5, 0.6) is 0 Å². The molecule has 8 nitrogen and oxygen atoms in total. The SMILES string of the molecule is O=C(O)CCCNS(=O)(=O)c1cccc2nonc12. The zero-order valence-electron chi connectivity index (χ0n) is 9.74. The molecule has 1 aromatic heterocycles. The van der Waals surface area contributed by atoms with Gasteiger partial charge in [0.2, 0.25) is 10.0 Å². The number of benzene rings is 1. The predicted octanol–water partition coefficient (Wildman–Crippen LogP) is 0.366. The van der Waals surface area contributed by atoms with Crippen molar-refractivity contribution >= 4 is 27.0 Å². The molecular formula is C10H11N3O5S. The molecule has 2 rings (SSSR count). The van der Waals surface area contributed by atoms with E-state index in [-0.39, 0.29) is 29.8 Å². The average molecular weight is 285 g/mol. The number of carboxylic acid groups (broad SMARTS) is 1. The summed E-state index contributed by atoms with van der Waals surface area (Å²) in [5.41, 5.74) is 0.488. The third-order valence-electron chi connectivity index (χ3n) is 2.40. The Kier molecular flexibility index (Phi) is 3.76. The minimum absolute atomic E-state index is 0.0380. The van der Waals surface area contributed by atoms with Crippen LogP contribution in [0.3, 0.4) is 0 Å². The first-order chi connectivity index (χ1) is 9.00. The minimum atomic E-state index is -3.76. The summed E-state index contributed by atoms with van der Waals surface area (Å²) in [6.45, 7) is 0.0380. The van der Waals surface area contributed by atoms with E-state index in [4.69, 9.17) is 5.11 Å². The molecule has 1 aromatic carbocycles. The van der Waals surface area contributed by atoms with Crippen LogP contribution in [0.2, 0.25) is 0 Å². The largest absolute Gasteiger partial charge is 0.481 e. The van der Waals surface area contributed by atoms with Crippen molar-refractivity contribution in [3.8, 4) is 0 Å². The van der Waals surface area contributed by atoms with E-state index >= 15 is 0 Å². The molecule has 1 heterocycles. The average Bonchev–Trinajstić information content (AvgIpc) is 2.82. The molecule has 0 saturated carbocycles. The highest BCUT2D eigenvalue weighted by Gasteiger charge is 2.19. The van der Waals surface area contributed by atoms with Crippen molar-refractivity contribution in [1.29, 1.82) is 0 Å². The van der Waals surface area contributed by atoms with E-state index < -0.39 is 16.0 Å². The Morgan fingerprint density at radius 1 is 1.37 bits per heavy atom. The van der Waals surface area contributed by atoms with Crippen LogP contribution in [0.15, 0.2) is 27.7 Å². The van der Waals surface area contributed by atoms with E-state index in [1.54, 1.807) is 6.07 Å². The Labute approximate surface area is 108 Å². The van der Waals surface area contributed by atoms with Crippen LogP contribution in [0.1, 0.15) is 12.8 Å². The van der Waals surface area contributed by atoms with Gasteiger partial charge in [0.05, 0.1) is 0 Å². The first-order valence-electron chi connectivity index (χ1n) is 5.43. The third-order valence-corrected chi connectivity index (χ3v) is 3.89. The number of hydrogen-bond donors (Lipinski definition) is 2. The molecule has 19 heavy (non-hydrogen) atoms. The van der Waals surface area contributed by atoms with Gasteiger partial charge in [0.15, 0.2) is 5.52 Å². The molecule has 0 amide bonds. The number of carbonyl (C=O) groups is 1. The van der Waals surface area contributed by atoms with Crippen LogP contribution in [0, 0.1) is 0 Å². The molecule has 2 aromatic rings. The Morgan fingerprint density at radius 3 is 2.89 bits per heavy atom. The summed E-state index contributed by atoms with van der Waals surface area (Å²) in [6, 6.07) is 4.49. The summed E-state index contributed by atoms with van der Waals surface area (Å²) in [6.07, 6.45) is 0.111. The number of rotatable bonds is 6. The van der Waals surface area contributed by atoms with Crippen molar-refractivity contribution in [2.24, 2.45) is 0 Å². The van der Waals surface area contributed by atoms with Crippen molar-refractivity contribution < 1.29 is 22.9 Å². The number of sulfonamides is 1. The van der Waals surface area contributed by atoms with Gasteiger partial charge in [-0.2, -0.15) is 0 Å². The lowest BCUT2D eigenvalue weighted by molar-refractivity contribution is -0.137. The van der Waals surface area contributed by atoms with Gasteiger partial charge in [0, 0.05) is 13.0 Å². The third kappa shape index (κ3) is 3.06. The Bertz CT molecular complexity index is 694. The van der Waals surface area contributed by atoms with Gasteiger partial charge in [-0.25, -0.2) is 17.8 Å². The molecule has 0 aliphatic rings. The summed E-state index contributed by atoms with van der Waals surface area (Å²) < 4.78 is 30.8. The van der Waals surface area contributed by atoms with Gasteiger partial charge >= 0.3 is 5.97 Å². The van der Waals surface area contributed by atoms with Crippen LogP contribution >= 0.6 is 0 Å². The summed E-state index contributed by atoms with van der Waals surface area (Å²) in [5, 5.41) is 15.6. The first-order valence-corrected chi connectivity index (χ1v) is 6.92. The van der Waals surface area contributed by atoms with E-state index in [2.05, 4.69) is 19.7 Å². The van der Waals surface area contributed by atoms with Crippen LogP contribution in [0.4, 0.5) is 0 Å². The standard InChI is InChI=1S/C10H11N3O5S/c14-9(15)5-2-6-11-19(16,17)8-4-1-3-7-10(8)13-18-12-7/h1,3-4,11H,2,5-6H2,(H,14,15). The number of nitrogens with one attached hydrogen (secondary N) is 1. The van der Waals surface area contributed by atoms with Crippen molar-refractivity contribution in [3.05, 3.63) is 18.2 Å². The highest BCUT2D eigenvalue weighted by molar-refractivity contribution is 7.89.